The van der Waals surface area contributed by atoms with Crippen LogP contribution in [0.2, 0.25) is 0 Å². The third kappa shape index (κ3) is 2.33. The quantitative estimate of drug-likeness (QED) is 0.577. The van der Waals surface area contributed by atoms with Gasteiger partial charge in [-0.1, -0.05) is 16.9 Å². The van der Waals surface area contributed by atoms with E-state index in [1.165, 1.54) is 6.07 Å². The van der Waals surface area contributed by atoms with Gasteiger partial charge in [0, 0.05) is 30.4 Å². The molecule has 96 valence electrons. The highest BCUT2D eigenvalue weighted by Crippen LogP contribution is 2.29. The third-order valence-electron chi connectivity index (χ3n) is 2.84. The van der Waals surface area contributed by atoms with Gasteiger partial charge in [-0.2, -0.15) is 5.10 Å². The molecule has 0 aliphatic carbocycles. The van der Waals surface area contributed by atoms with Crippen LogP contribution in [0.3, 0.4) is 0 Å². The van der Waals surface area contributed by atoms with E-state index in [2.05, 4.69) is 21.7 Å². The van der Waals surface area contributed by atoms with E-state index < -0.39 is 0 Å². The minimum absolute atomic E-state index is 0.274. The number of pyridine rings is 1. The Labute approximate surface area is 118 Å². The van der Waals surface area contributed by atoms with Crippen LogP contribution in [-0.2, 0) is 7.05 Å². The van der Waals surface area contributed by atoms with Crippen LogP contribution < -0.4 is 0 Å². The van der Waals surface area contributed by atoms with Crippen molar-refractivity contribution in [3.8, 4) is 11.1 Å². The Hall–Kier alpha value is -1.53. The minimum Gasteiger partial charge on any atom is -0.273 e. The Morgan fingerprint density at radius 3 is 2.84 bits per heavy atom. The molecule has 0 fully saturated rings. The summed E-state index contributed by atoms with van der Waals surface area (Å²) in [7, 11) is 2.94. The van der Waals surface area contributed by atoms with Crippen LogP contribution in [0.4, 0.5) is 4.39 Å². The second-order valence-electron chi connectivity index (χ2n) is 4.18. The maximum Gasteiger partial charge on any atom is 0.181 e. The molecule has 0 spiro atoms. The van der Waals surface area contributed by atoms with Gasteiger partial charge in [0.05, 0.1) is 4.90 Å². The van der Waals surface area contributed by atoms with E-state index in [0.717, 1.165) is 27.3 Å². The summed E-state index contributed by atoms with van der Waals surface area (Å²) in [6.07, 6.45) is 3.59. The maximum absolute atomic E-state index is 13.7. The van der Waals surface area contributed by atoms with Gasteiger partial charge in [-0.15, -0.1) is 11.7 Å². The molecule has 6 heteroatoms. The number of hydrogen-bond acceptors (Lipinski definition) is 4. The van der Waals surface area contributed by atoms with Gasteiger partial charge < -0.3 is 0 Å². The second-order valence-corrected chi connectivity index (χ2v) is 5.35. The van der Waals surface area contributed by atoms with E-state index in [1.807, 2.05) is 25.4 Å². The first-order chi connectivity index (χ1) is 9.17. The first-order valence-electron chi connectivity index (χ1n) is 5.58. The van der Waals surface area contributed by atoms with Crippen molar-refractivity contribution in [1.29, 1.82) is 0 Å². The molecule has 2 heterocycles. The number of hydrogen-bond donors (Lipinski definition) is 1. The van der Waals surface area contributed by atoms with E-state index in [9.17, 15) is 4.39 Å². The molecule has 0 saturated carbocycles. The average molecular weight is 291 g/mol. The van der Waals surface area contributed by atoms with Gasteiger partial charge in [-0.05, 0) is 23.8 Å². The summed E-state index contributed by atoms with van der Waals surface area (Å²) < 4.78 is 15.5. The summed E-state index contributed by atoms with van der Waals surface area (Å²) >= 11 is 4.01. The molecule has 0 saturated heterocycles. The predicted octanol–water partition coefficient (Wildman–Crippen LogP) is 3.71. The first-order valence-corrected chi connectivity index (χ1v) is 7.45. The molecule has 3 aromatic rings. The summed E-state index contributed by atoms with van der Waals surface area (Å²) in [6.45, 7) is 0. The van der Waals surface area contributed by atoms with E-state index in [0.29, 0.717) is 10.5 Å². The number of halogens is 1. The lowest BCUT2D eigenvalue weighted by molar-refractivity contribution is 0.603. The molecular weight excluding hydrogens is 281 g/mol. The lowest BCUT2D eigenvalue weighted by Crippen LogP contribution is -1.86. The van der Waals surface area contributed by atoms with Crippen LogP contribution in [0, 0.1) is 5.82 Å². The van der Waals surface area contributed by atoms with Gasteiger partial charge in [-0.3, -0.25) is 4.68 Å². The molecule has 0 aliphatic heterocycles. The largest absolute Gasteiger partial charge is 0.273 e. The molecule has 0 radical (unpaired) electrons. The number of thiol groups is 1. The van der Waals surface area contributed by atoms with E-state index in [-0.39, 0.29) is 5.82 Å². The van der Waals surface area contributed by atoms with E-state index >= 15 is 0 Å². The summed E-state index contributed by atoms with van der Waals surface area (Å²) in [5, 5.41) is 5.15. The van der Waals surface area contributed by atoms with Crippen molar-refractivity contribution in [3.63, 3.8) is 0 Å². The number of nitrogens with zero attached hydrogens (tertiary/aromatic N) is 3. The van der Waals surface area contributed by atoms with Crippen molar-refractivity contribution in [2.45, 2.75) is 4.90 Å². The van der Waals surface area contributed by atoms with E-state index in [4.69, 9.17) is 0 Å². The molecule has 19 heavy (non-hydrogen) atoms. The third-order valence-corrected chi connectivity index (χ3v) is 3.95. The van der Waals surface area contributed by atoms with Crippen LogP contribution >= 0.6 is 22.5 Å². The molecule has 2 aromatic heterocycles. The lowest BCUT2D eigenvalue weighted by Gasteiger charge is -2.03. The molecular formula is C13H10FN3S2. The highest BCUT2D eigenvalue weighted by atomic mass is 33.1. The zero-order valence-corrected chi connectivity index (χ0v) is 11.8. The molecule has 0 N–H and O–H groups in total. The van der Waals surface area contributed by atoms with Gasteiger partial charge in [-0.25, -0.2) is 9.37 Å². The fourth-order valence-corrected chi connectivity index (χ4v) is 2.66. The molecule has 0 unspecified atom stereocenters. The van der Waals surface area contributed by atoms with Gasteiger partial charge >= 0.3 is 0 Å². The van der Waals surface area contributed by atoms with Crippen LogP contribution in [0.5, 0.6) is 0 Å². The summed E-state index contributed by atoms with van der Waals surface area (Å²) in [5.41, 5.74) is 2.35. The molecule has 1 aromatic carbocycles. The lowest BCUT2D eigenvalue weighted by atomic mass is 10.1. The van der Waals surface area contributed by atoms with Gasteiger partial charge in [0.1, 0.15) is 5.82 Å². The number of rotatable bonds is 2. The first kappa shape index (κ1) is 12.5. The van der Waals surface area contributed by atoms with Gasteiger partial charge in [0.15, 0.2) is 5.65 Å². The average Bonchev–Trinajstić information content (AvgIpc) is 2.77. The zero-order chi connectivity index (χ0) is 13.4. The Morgan fingerprint density at radius 2 is 2.11 bits per heavy atom. The molecule has 0 atom stereocenters. The van der Waals surface area contributed by atoms with Crippen molar-refractivity contribution < 1.29 is 4.39 Å². The van der Waals surface area contributed by atoms with E-state index in [1.54, 1.807) is 16.9 Å². The Balaban J connectivity index is 2.10. The number of aromatic nitrogens is 3. The highest BCUT2D eigenvalue weighted by Gasteiger charge is 2.07. The SMILES string of the molecule is Cn1cc2cc(-c3ccc(SS)c(F)c3)cnc2n1. The topological polar surface area (TPSA) is 30.7 Å². The van der Waals surface area contributed by atoms with Crippen LogP contribution in [0.1, 0.15) is 0 Å². The summed E-state index contributed by atoms with van der Waals surface area (Å²) in [4.78, 5) is 4.79. The van der Waals surface area contributed by atoms with Crippen molar-refractivity contribution in [3.05, 3.63) is 42.5 Å². The summed E-state index contributed by atoms with van der Waals surface area (Å²) in [6, 6.07) is 7.03. The predicted molar refractivity (Wildman–Crippen MR) is 78.7 cm³/mol. The monoisotopic (exact) mass is 291 g/mol. The van der Waals surface area contributed by atoms with Gasteiger partial charge in [0.2, 0.25) is 0 Å². The Bertz CT molecular complexity index is 755. The van der Waals surface area contributed by atoms with Crippen LogP contribution in [0.25, 0.3) is 22.2 Å². The Kier molecular flexibility index (Phi) is 3.20. The summed E-state index contributed by atoms with van der Waals surface area (Å²) in [5.74, 6) is -0.274. The fourth-order valence-electron chi connectivity index (χ4n) is 1.94. The van der Waals surface area contributed by atoms with Gasteiger partial charge in [0.25, 0.3) is 0 Å². The molecule has 3 rings (SSSR count). The smallest absolute Gasteiger partial charge is 0.181 e. The van der Waals surface area contributed by atoms with Crippen molar-refractivity contribution in [1.82, 2.24) is 14.8 Å². The highest BCUT2D eigenvalue weighted by molar-refractivity contribution is 8.68. The normalized spacial score (nSPS) is 11.1. The van der Waals surface area contributed by atoms with Crippen molar-refractivity contribution >= 4 is 33.5 Å². The van der Waals surface area contributed by atoms with Crippen LogP contribution in [-0.4, -0.2) is 14.8 Å². The number of aryl methyl sites for hydroxylation is 1. The standard InChI is InChI=1S/C13H10FN3S2/c1-17-7-10-4-9(6-15-13(10)16-17)8-2-3-12(19-18)11(14)5-8/h2-7,18H,1H3. The fraction of sp³-hybridized carbons (Fsp3) is 0.0769. The van der Waals surface area contributed by atoms with Crippen LogP contribution in [0.15, 0.2) is 41.6 Å². The number of fused-ring (bicyclic) bond motifs is 1. The molecule has 0 aliphatic rings. The maximum atomic E-state index is 13.7. The second kappa shape index (κ2) is 4.86. The zero-order valence-electron chi connectivity index (χ0n) is 10.0. The van der Waals surface area contributed by atoms with Crippen molar-refractivity contribution in [2.75, 3.05) is 0 Å². The molecule has 3 nitrogen and oxygen atoms in total. The minimum atomic E-state index is -0.274. The molecule has 0 bridgehead atoms. The number of benzene rings is 1. The molecule has 0 amide bonds. The Morgan fingerprint density at radius 1 is 1.26 bits per heavy atom. The van der Waals surface area contributed by atoms with Crippen molar-refractivity contribution in [2.24, 2.45) is 7.05 Å².